The first-order valence-corrected chi connectivity index (χ1v) is 5.80. The van der Waals surface area contributed by atoms with Gasteiger partial charge < -0.3 is 11.1 Å². The Bertz CT molecular complexity index is 528. The van der Waals surface area contributed by atoms with E-state index in [-0.39, 0.29) is 0 Å². The molecule has 0 unspecified atom stereocenters. The maximum atomic E-state index is 6.11. The molecule has 78 valence electrons. The number of rotatable bonds is 1. The third kappa shape index (κ3) is 1.83. The summed E-state index contributed by atoms with van der Waals surface area (Å²) in [5, 5.41) is 4.67. The summed E-state index contributed by atoms with van der Waals surface area (Å²) in [7, 11) is 1.83. The molecule has 3 nitrogen and oxygen atoms in total. The molecule has 0 fully saturated rings. The van der Waals surface area contributed by atoms with Crippen molar-refractivity contribution in [2.75, 3.05) is 18.1 Å². The minimum Gasteiger partial charge on any atom is -0.396 e. The zero-order chi connectivity index (χ0) is 11.0. The quantitative estimate of drug-likeness (QED) is 0.788. The van der Waals surface area contributed by atoms with Crippen LogP contribution in [0, 0.1) is 3.57 Å². The molecule has 0 saturated heterocycles. The Kier molecular flexibility index (Phi) is 2.88. The molecule has 5 heteroatoms. The van der Waals surface area contributed by atoms with Gasteiger partial charge in [0.05, 0.1) is 28.1 Å². The number of aromatic nitrogens is 1. The lowest BCUT2D eigenvalue weighted by Gasteiger charge is -2.09. The Balaban J connectivity index is 2.91. The van der Waals surface area contributed by atoms with Crippen molar-refractivity contribution >= 4 is 56.5 Å². The predicted octanol–water partition coefficient (Wildman–Crippen LogP) is 3.12. The second kappa shape index (κ2) is 4.02. The fourth-order valence-corrected chi connectivity index (χ4v) is 2.60. The van der Waals surface area contributed by atoms with E-state index < -0.39 is 0 Å². The molecule has 0 aliphatic rings. The Morgan fingerprint density at radius 2 is 2.20 bits per heavy atom. The molecule has 0 aliphatic carbocycles. The van der Waals surface area contributed by atoms with E-state index in [1.54, 1.807) is 6.20 Å². The molecule has 0 radical (unpaired) electrons. The van der Waals surface area contributed by atoms with Gasteiger partial charge in [-0.1, -0.05) is 11.6 Å². The van der Waals surface area contributed by atoms with Crippen LogP contribution in [-0.2, 0) is 0 Å². The molecule has 0 atom stereocenters. The van der Waals surface area contributed by atoms with E-state index in [1.807, 2.05) is 19.2 Å². The molecular weight excluding hydrogens is 324 g/mol. The number of fused-ring (bicyclic) bond motifs is 1. The topological polar surface area (TPSA) is 50.9 Å². The van der Waals surface area contributed by atoms with Crippen molar-refractivity contribution in [3.05, 3.63) is 26.9 Å². The molecule has 0 amide bonds. The summed E-state index contributed by atoms with van der Waals surface area (Å²) in [6.45, 7) is 0. The second-order valence-electron chi connectivity index (χ2n) is 3.12. The molecular formula is C10H9ClIN3. The Morgan fingerprint density at radius 3 is 2.87 bits per heavy atom. The van der Waals surface area contributed by atoms with E-state index >= 15 is 0 Å². The standard InChI is InChI=1S/C10H9ClIN3/c1-14-10-6-2-5(12)3-7(11)9(6)15-4-8(10)13/h2-4H,13H2,1H3,(H,14,15). The normalized spacial score (nSPS) is 10.6. The first-order chi connectivity index (χ1) is 7.13. The van der Waals surface area contributed by atoms with Crippen molar-refractivity contribution in [1.29, 1.82) is 0 Å². The molecule has 0 bridgehead atoms. The number of hydrogen-bond acceptors (Lipinski definition) is 3. The van der Waals surface area contributed by atoms with E-state index in [2.05, 4.69) is 32.9 Å². The average molecular weight is 334 g/mol. The minimum atomic E-state index is 0.628. The highest BCUT2D eigenvalue weighted by Gasteiger charge is 2.08. The number of benzene rings is 1. The summed E-state index contributed by atoms with van der Waals surface area (Å²) in [5.41, 5.74) is 8.10. The van der Waals surface area contributed by atoms with Crippen LogP contribution in [0.4, 0.5) is 11.4 Å². The molecule has 2 rings (SSSR count). The van der Waals surface area contributed by atoms with Gasteiger partial charge in [0.2, 0.25) is 0 Å². The molecule has 0 saturated carbocycles. The van der Waals surface area contributed by atoms with Crippen molar-refractivity contribution < 1.29 is 0 Å². The van der Waals surface area contributed by atoms with Crippen LogP contribution < -0.4 is 11.1 Å². The lowest BCUT2D eigenvalue weighted by atomic mass is 10.1. The van der Waals surface area contributed by atoms with Crippen LogP contribution in [0.5, 0.6) is 0 Å². The van der Waals surface area contributed by atoms with Crippen molar-refractivity contribution in [2.24, 2.45) is 0 Å². The van der Waals surface area contributed by atoms with E-state index in [4.69, 9.17) is 17.3 Å². The Hall–Kier alpha value is -0.750. The molecule has 0 aliphatic heterocycles. The largest absolute Gasteiger partial charge is 0.396 e. The van der Waals surface area contributed by atoms with E-state index in [1.165, 1.54) is 0 Å². The molecule has 1 heterocycles. The van der Waals surface area contributed by atoms with Crippen LogP contribution in [-0.4, -0.2) is 12.0 Å². The van der Waals surface area contributed by atoms with Gasteiger partial charge in [-0.15, -0.1) is 0 Å². The third-order valence-corrected chi connectivity index (χ3v) is 3.08. The first-order valence-electron chi connectivity index (χ1n) is 4.34. The number of anilines is 2. The fraction of sp³-hybridized carbons (Fsp3) is 0.100. The second-order valence-corrected chi connectivity index (χ2v) is 4.78. The summed E-state index contributed by atoms with van der Waals surface area (Å²) in [6.07, 6.45) is 1.62. The number of hydrogen-bond donors (Lipinski definition) is 2. The lowest BCUT2D eigenvalue weighted by Crippen LogP contribution is -1.98. The van der Waals surface area contributed by atoms with Gasteiger partial charge in [-0.05, 0) is 34.7 Å². The Morgan fingerprint density at radius 1 is 1.47 bits per heavy atom. The monoisotopic (exact) mass is 333 g/mol. The van der Waals surface area contributed by atoms with Crippen LogP contribution in [0.15, 0.2) is 18.3 Å². The van der Waals surface area contributed by atoms with Gasteiger partial charge in [0.25, 0.3) is 0 Å². The predicted molar refractivity (Wildman–Crippen MR) is 73.4 cm³/mol. The molecule has 1 aromatic heterocycles. The van der Waals surface area contributed by atoms with E-state index in [0.717, 1.165) is 20.2 Å². The van der Waals surface area contributed by atoms with Crippen LogP contribution in [0.3, 0.4) is 0 Å². The van der Waals surface area contributed by atoms with E-state index in [9.17, 15) is 0 Å². The van der Waals surface area contributed by atoms with Crippen LogP contribution in [0.1, 0.15) is 0 Å². The summed E-state index contributed by atoms with van der Waals surface area (Å²) in [4.78, 5) is 4.23. The zero-order valence-electron chi connectivity index (χ0n) is 8.01. The zero-order valence-corrected chi connectivity index (χ0v) is 10.9. The Labute approximate surface area is 106 Å². The van der Waals surface area contributed by atoms with Gasteiger partial charge in [0.1, 0.15) is 0 Å². The highest BCUT2D eigenvalue weighted by Crippen LogP contribution is 2.32. The summed E-state index contributed by atoms with van der Waals surface area (Å²) < 4.78 is 1.06. The van der Waals surface area contributed by atoms with Gasteiger partial charge in [0, 0.05) is 16.0 Å². The number of halogens is 2. The van der Waals surface area contributed by atoms with Gasteiger partial charge in [0.15, 0.2) is 0 Å². The van der Waals surface area contributed by atoms with Crippen molar-refractivity contribution in [1.82, 2.24) is 4.98 Å². The molecule has 2 aromatic rings. The van der Waals surface area contributed by atoms with Crippen molar-refractivity contribution in [3.63, 3.8) is 0 Å². The van der Waals surface area contributed by atoms with Crippen LogP contribution in [0.2, 0.25) is 5.02 Å². The first kappa shape index (κ1) is 10.8. The third-order valence-electron chi connectivity index (χ3n) is 2.17. The molecule has 1 aromatic carbocycles. The SMILES string of the molecule is CNc1c(N)cnc2c(Cl)cc(I)cc12. The lowest BCUT2D eigenvalue weighted by molar-refractivity contribution is 1.39. The summed E-state index contributed by atoms with van der Waals surface area (Å²) >= 11 is 8.33. The number of nitrogens with two attached hydrogens (primary N) is 1. The van der Waals surface area contributed by atoms with Gasteiger partial charge in [-0.2, -0.15) is 0 Å². The molecule has 3 N–H and O–H groups in total. The van der Waals surface area contributed by atoms with Crippen LogP contribution >= 0.6 is 34.2 Å². The maximum absolute atomic E-state index is 6.11. The number of nitrogen functional groups attached to an aromatic ring is 1. The van der Waals surface area contributed by atoms with E-state index in [0.29, 0.717) is 10.7 Å². The maximum Gasteiger partial charge on any atom is 0.0911 e. The fourth-order valence-electron chi connectivity index (χ4n) is 1.52. The van der Waals surface area contributed by atoms with Crippen molar-refractivity contribution in [2.45, 2.75) is 0 Å². The summed E-state index contributed by atoms with van der Waals surface area (Å²) in [6, 6.07) is 3.89. The highest BCUT2D eigenvalue weighted by molar-refractivity contribution is 14.1. The number of nitrogens with zero attached hydrogens (tertiary/aromatic N) is 1. The smallest absolute Gasteiger partial charge is 0.0911 e. The van der Waals surface area contributed by atoms with Crippen molar-refractivity contribution in [3.8, 4) is 0 Å². The number of nitrogens with one attached hydrogen (secondary N) is 1. The highest BCUT2D eigenvalue weighted by atomic mass is 127. The minimum absolute atomic E-state index is 0.628. The average Bonchev–Trinajstić information content (AvgIpc) is 2.17. The van der Waals surface area contributed by atoms with Crippen LogP contribution in [0.25, 0.3) is 10.9 Å². The number of pyridine rings is 1. The molecule has 0 spiro atoms. The summed E-state index contributed by atoms with van der Waals surface area (Å²) in [5.74, 6) is 0. The molecule has 15 heavy (non-hydrogen) atoms. The van der Waals surface area contributed by atoms with Gasteiger partial charge in [-0.25, -0.2) is 0 Å². The van der Waals surface area contributed by atoms with Gasteiger partial charge in [-0.3, -0.25) is 4.98 Å². The van der Waals surface area contributed by atoms with Gasteiger partial charge >= 0.3 is 0 Å².